The van der Waals surface area contributed by atoms with Crippen molar-refractivity contribution >= 4 is 0 Å². The van der Waals surface area contributed by atoms with E-state index in [0.29, 0.717) is 12.1 Å². The van der Waals surface area contributed by atoms with E-state index in [1.807, 2.05) is 0 Å². The van der Waals surface area contributed by atoms with Gasteiger partial charge in [0.05, 0.1) is 12.7 Å². The molecular formula is C13H28N2O. The summed E-state index contributed by atoms with van der Waals surface area (Å²) in [5.74, 6) is 0. The molecule has 0 aromatic rings. The summed E-state index contributed by atoms with van der Waals surface area (Å²) in [6.45, 7) is 12.2. The van der Waals surface area contributed by atoms with E-state index < -0.39 is 0 Å². The third kappa shape index (κ3) is 5.83. The Balaban J connectivity index is 1.99. The lowest BCUT2D eigenvalue weighted by Gasteiger charge is -2.32. The maximum atomic E-state index is 5.66. The molecule has 0 aromatic carbocycles. The molecule has 1 fully saturated rings. The second kappa shape index (κ2) is 8.04. The van der Waals surface area contributed by atoms with Gasteiger partial charge in [-0.2, -0.15) is 0 Å². The Labute approximate surface area is 101 Å². The summed E-state index contributed by atoms with van der Waals surface area (Å²) in [4.78, 5) is 2.55. The van der Waals surface area contributed by atoms with Crippen molar-refractivity contribution in [2.24, 2.45) is 0 Å². The van der Waals surface area contributed by atoms with Gasteiger partial charge in [-0.15, -0.1) is 0 Å². The Morgan fingerprint density at radius 1 is 1.38 bits per heavy atom. The number of hydrogen-bond acceptors (Lipinski definition) is 3. The van der Waals surface area contributed by atoms with Crippen LogP contribution in [0.15, 0.2) is 0 Å². The zero-order valence-electron chi connectivity index (χ0n) is 11.2. The second-order valence-electron chi connectivity index (χ2n) is 5.02. The highest BCUT2D eigenvalue weighted by Crippen LogP contribution is 2.08. The van der Waals surface area contributed by atoms with Crippen LogP contribution in [0.5, 0.6) is 0 Å². The van der Waals surface area contributed by atoms with Crippen molar-refractivity contribution in [3.8, 4) is 0 Å². The van der Waals surface area contributed by atoms with Crippen molar-refractivity contribution in [2.45, 2.75) is 52.2 Å². The predicted molar refractivity (Wildman–Crippen MR) is 68.8 cm³/mol. The van der Waals surface area contributed by atoms with Gasteiger partial charge >= 0.3 is 0 Å². The molecule has 1 aliphatic rings. The molecule has 1 atom stereocenters. The molecule has 1 heterocycles. The summed E-state index contributed by atoms with van der Waals surface area (Å²) in [5, 5.41) is 3.46. The van der Waals surface area contributed by atoms with Crippen LogP contribution in [-0.2, 0) is 4.74 Å². The summed E-state index contributed by atoms with van der Waals surface area (Å²) in [5.41, 5.74) is 0. The average molecular weight is 228 g/mol. The van der Waals surface area contributed by atoms with Crippen LogP contribution in [0.1, 0.15) is 40.0 Å². The molecule has 1 saturated heterocycles. The van der Waals surface area contributed by atoms with Gasteiger partial charge in [0, 0.05) is 19.1 Å². The summed E-state index contributed by atoms with van der Waals surface area (Å²) in [7, 11) is 0. The van der Waals surface area contributed by atoms with Gasteiger partial charge in [0.1, 0.15) is 0 Å². The number of ether oxygens (including phenoxy) is 1. The Kier molecular flexibility index (Phi) is 7.01. The second-order valence-corrected chi connectivity index (χ2v) is 5.02. The molecule has 96 valence electrons. The monoisotopic (exact) mass is 228 g/mol. The van der Waals surface area contributed by atoms with Crippen molar-refractivity contribution in [3.63, 3.8) is 0 Å². The minimum atomic E-state index is 0.475. The first-order valence-corrected chi connectivity index (χ1v) is 6.79. The Morgan fingerprint density at radius 2 is 2.19 bits per heavy atom. The molecule has 0 bridgehead atoms. The maximum absolute atomic E-state index is 5.66. The zero-order chi connectivity index (χ0) is 11.8. The van der Waals surface area contributed by atoms with E-state index in [0.717, 1.165) is 32.7 Å². The number of hydrogen-bond donors (Lipinski definition) is 1. The quantitative estimate of drug-likeness (QED) is 0.673. The van der Waals surface area contributed by atoms with E-state index in [-0.39, 0.29) is 0 Å². The highest BCUT2D eigenvalue weighted by atomic mass is 16.5. The van der Waals surface area contributed by atoms with Crippen LogP contribution in [0, 0.1) is 0 Å². The van der Waals surface area contributed by atoms with Gasteiger partial charge in [-0.05, 0) is 32.4 Å². The molecule has 3 heteroatoms. The van der Waals surface area contributed by atoms with Crippen LogP contribution in [0.2, 0.25) is 0 Å². The number of rotatable bonds is 7. The standard InChI is InChI=1S/C13H28N2O/c1-4-13-11-15(9-10-16-13)8-6-5-7-14-12(2)3/h12-14H,4-11H2,1-3H3. The van der Waals surface area contributed by atoms with Crippen LogP contribution in [0.4, 0.5) is 0 Å². The number of nitrogens with one attached hydrogen (secondary N) is 1. The van der Waals surface area contributed by atoms with E-state index in [1.54, 1.807) is 0 Å². The fourth-order valence-corrected chi connectivity index (χ4v) is 2.08. The lowest BCUT2D eigenvalue weighted by molar-refractivity contribution is -0.0299. The fraction of sp³-hybridized carbons (Fsp3) is 1.00. The normalized spacial score (nSPS) is 22.9. The first-order chi connectivity index (χ1) is 7.72. The first-order valence-electron chi connectivity index (χ1n) is 6.79. The molecule has 0 aromatic heterocycles. The largest absolute Gasteiger partial charge is 0.376 e. The summed E-state index contributed by atoms with van der Waals surface area (Å²) in [6, 6.07) is 0.618. The molecule has 0 amide bonds. The molecule has 1 unspecified atom stereocenters. The average Bonchev–Trinajstić information content (AvgIpc) is 2.28. The Bertz CT molecular complexity index is 173. The fourth-order valence-electron chi connectivity index (χ4n) is 2.08. The van der Waals surface area contributed by atoms with Gasteiger partial charge in [-0.25, -0.2) is 0 Å². The van der Waals surface area contributed by atoms with Crippen molar-refractivity contribution in [1.82, 2.24) is 10.2 Å². The van der Waals surface area contributed by atoms with E-state index in [4.69, 9.17) is 4.74 Å². The maximum Gasteiger partial charge on any atom is 0.0700 e. The molecule has 0 radical (unpaired) electrons. The molecule has 0 aliphatic carbocycles. The molecule has 3 nitrogen and oxygen atoms in total. The van der Waals surface area contributed by atoms with Gasteiger partial charge in [0.15, 0.2) is 0 Å². The number of morpholine rings is 1. The molecule has 0 saturated carbocycles. The highest BCUT2D eigenvalue weighted by molar-refractivity contribution is 4.70. The van der Waals surface area contributed by atoms with Crippen molar-refractivity contribution in [2.75, 3.05) is 32.8 Å². The van der Waals surface area contributed by atoms with E-state index in [9.17, 15) is 0 Å². The lowest BCUT2D eigenvalue weighted by atomic mass is 10.2. The van der Waals surface area contributed by atoms with E-state index in [1.165, 1.54) is 19.4 Å². The van der Waals surface area contributed by atoms with E-state index >= 15 is 0 Å². The summed E-state index contributed by atoms with van der Waals surface area (Å²) < 4.78 is 5.66. The first kappa shape index (κ1) is 13.9. The molecule has 1 aliphatic heterocycles. The van der Waals surface area contributed by atoms with Crippen LogP contribution in [0.3, 0.4) is 0 Å². The van der Waals surface area contributed by atoms with Crippen LogP contribution < -0.4 is 5.32 Å². The smallest absolute Gasteiger partial charge is 0.0700 e. The van der Waals surface area contributed by atoms with Gasteiger partial charge in [0.25, 0.3) is 0 Å². The SMILES string of the molecule is CCC1CN(CCCCNC(C)C)CCO1. The van der Waals surface area contributed by atoms with Gasteiger partial charge in [0.2, 0.25) is 0 Å². The molecule has 16 heavy (non-hydrogen) atoms. The summed E-state index contributed by atoms with van der Waals surface area (Å²) in [6.07, 6.45) is 4.20. The Hall–Kier alpha value is -0.120. The Morgan fingerprint density at radius 3 is 2.88 bits per heavy atom. The van der Waals surface area contributed by atoms with E-state index in [2.05, 4.69) is 31.0 Å². The highest BCUT2D eigenvalue weighted by Gasteiger charge is 2.17. The van der Waals surface area contributed by atoms with Gasteiger partial charge < -0.3 is 10.1 Å². The number of unbranched alkanes of at least 4 members (excludes halogenated alkanes) is 1. The van der Waals surface area contributed by atoms with Crippen molar-refractivity contribution in [1.29, 1.82) is 0 Å². The minimum Gasteiger partial charge on any atom is -0.376 e. The van der Waals surface area contributed by atoms with Gasteiger partial charge in [-0.1, -0.05) is 20.8 Å². The molecule has 0 spiro atoms. The van der Waals surface area contributed by atoms with Gasteiger partial charge in [-0.3, -0.25) is 4.90 Å². The third-order valence-electron chi connectivity index (χ3n) is 3.13. The van der Waals surface area contributed by atoms with Crippen molar-refractivity contribution in [3.05, 3.63) is 0 Å². The molecular weight excluding hydrogens is 200 g/mol. The van der Waals surface area contributed by atoms with Crippen molar-refractivity contribution < 1.29 is 4.74 Å². The topological polar surface area (TPSA) is 24.5 Å². The number of nitrogens with zero attached hydrogens (tertiary/aromatic N) is 1. The summed E-state index contributed by atoms with van der Waals surface area (Å²) >= 11 is 0. The van der Waals surface area contributed by atoms with Crippen LogP contribution in [-0.4, -0.2) is 49.8 Å². The third-order valence-corrected chi connectivity index (χ3v) is 3.13. The molecule has 1 rings (SSSR count). The van der Waals surface area contributed by atoms with Crippen LogP contribution >= 0.6 is 0 Å². The molecule has 1 N–H and O–H groups in total. The zero-order valence-corrected chi connectivity index (χ0v) is 11.2. The predicted octanol–water partition coefficient (Wildman–Crippen LogP) is 1.88. The lowest BCUT2D eigenvalue weighted by Crippen LogP contribution is -2.42. The minimum absolute atomic E-state index is 0.475. The van der Waals surface area contributed by atoms with Crippen LogP contribution in [0.25, 0.3) is 0 Å².